The Kier molecular flexibility index (Phi) is 3.99. The normalized spacial score (nSPS) is 26.8. The maximum atomic E-state index is 10.9. The second kappa shape index (κ2) is 5.08. The number of rotatable bonds is 1. The molecule has 0 aliphatic carbocycles. The molecule has 1 atom stereocenters. The lowest BCUT2D eigenvalue weighted by molar-refractivity contribution is -0.122. The maximum Gasteiger partial charge on any atom is 0.220 e. The van der Waals surface area contributed by atoms with Crippen LogP contribution in [0.15, 0.2) is 0 Å². The van der Waals surface area contributed by atoms with Crippen LogP contribution >= 0.6 is 0 Å². The van der Waals surface area contributed by atoms with E-state index in [1.165, 1.54) is 0 Å². The maximum absolute atomic E-state index is 10.9. The minimum Gasteiger partial charge on any atom is -0.369 e. The summed E-state index contributed by atoms with van der Waals surface area (Å²) < 4.78 is 0. The summed E-state index contributed by atoms with van der Waals surface area (Å²) in [6.07, 6.45) is 2.66. The summed E-state index contributed by atoms with van der Waals surface area (Å²) in [6, 6.07) is 0. The Bertz CT molecular complexity index is 140. The van der Waals surface area contributed by atoms with Crippen molar-refractivity contribution in [2.45, 2.75) is 19.3 Å². The molecule has 1 aliphatic rings. The van der Waals surface area contributed by atoms with Crippen LogP contribution < -0.4 is 22.1 Å². The molecular weight excluding hydrogens is 156 g/mol. The Morgan fingerprint density at radius 3 is 2.75 bits per heavy atom. The molecule has 0 spiro atoms. The van der Waals surface area contributed by atoms with Gasteiger partial charge in [0.25, 0.3) is 0 Å². The van der Waals surface area contributed by atoms with Gasteiger partial charge < -0.3 is 5.73 Å². The van der Waals surface area contributed by atoms with E-state index in [0.717, 1.165) is 32.4 Å². The molecule has 1 saturated heterocycles. The number of hydrogen-bond acceptors (Lipinski definition) is 4. The van der Waals surface area contributed by atoms with Gasteiger partial charge in [0.1, 0.15) is 0 Å². The molecule has 1 aliphatic heterocycles. The smallest absolute Gasteiger partial charge is 0.220 e. The number of carbonyl (C=O) groups is 1. The van der Waals surface area contributed by atoms with Crippen molar-refractivity contribution in [2.75, 3.05) is 13.1 Å². The van der Waals surface area contributed by atoms with Crippen LogP contribution in [0.4, 0.5) is 0 Å². The number of hydrogen-bond donors (Lipinski definition) is 4. The number of amides is 1. The number of hydrazine groups is 2. The van der Waals surface area contributed by atoms with Gasteiger partial charge in [-0.3, -0.25) is 4.79 Å². The van der Waals surface area contributed by atoms with E-state index >= 15 is 0 Å². The van der Waals surface area contributed by atoms with Gasteiger partial charge in [0.05, 0.1) is 0 Å². The Hall–Kier alpha value is -0.650. The van der Waals surface area contributed by atoms with Gasteiger partial charge in [-0.15, -0.1) is 0 Å². The molecule has 0 radical (unpaired) electrons. The molecule has 0 aromatic carbocycles. The van der Waals surface area contributed by atoms with Crippen LogP contribution in [0.1, 0.15) is 19.3 Å². The highest BCUT2D eigenvalue weighted by Gasteiger charge is 2.14. The quantitative estimate of drug-likeness (QED) is 0.403. The minimum absolute atomic E-state index is 0.0270. The summed E-state index contributed by atoms with van der Waals surface area (Å²) in [5.41, 5.74) is 14.0. The topological polar surface area (TPSA) is 79.2 Å². The summed E-state index contributed by atoms with van der Waals surface area (Å²) in [6.45, 7) is 1.62. The molecule has 5 nitrogen and oxygen atoms in total. The number of nitrogens with one attached hydrogen (secondary N) is 3. The second-order valence-corrected chi connectivity index (χ2v) is 3.01. The molecule has 1 amide bonds. The molecule has 12 heavy (non-hydrogen) atoms. The Labute approximate surface area is 72.0 Å². The third-order valence-electron chi connectivity index (χ3n) is 2.05. The van der Waals surface area contributed by atoms with Gasteiger partial charge in [-0.1, -0.05) is 0 Å². The van der Waals surface area contributed by atoms with Crippen LogP contribution in [-0.2, 0) is 4.79 Å². The van der Waals surface area contributed by atoms with Crippen LogP contribution in [0.3, 0.4) is 0 Å². The first kappa shape index (κ1) is 9.44. The molecule has 5 heteroatoms. The SMILES string of the molecule is NC(=O)C1CCCNNNCC1. The minimum atomic E-state index is -0.182. The van der Waals surface area contributed by atoms with Crippen LogP contribution in [0.25, 0.3) is 0 Å². The van der Waals surface area contributed by atoms with E-state index in [1.807, 2.05) is 0 Å². The predicted molar refractivity (Wildman–Crippen MR) is 45.7 cm³/mol. The molecule has 0 bridgehead atoms. The molecule has 1 unspecified atom stereocenters. The summed E-state index contributed by atoms with van der Waals surface area (Å²) in [4.78, 5) is 10.9. The first-order valence-corrected chi connectivity index (χ1v) is 4.31. The highest BCUT2D eigenvalue weighted by atomic mass is 16.1. The van der Waals surface area contributed by atoms with E-state index in [2.05, 4.69) is 16.4 Å². The highest BCUT2D eigenvalue weighted by molar-refractivity contribution is 5.76. The summed E-state index contributed by atoms with van der Waals surface area (Å²) in [7, 11) is 0. The van der Waals surface area contributed by atoms with Crippen molar-refractivity contribution in [1.29, 1.82) is 0 Å². The average Bonchev–Trinajstić information content (AvgIpc) is 2.15. The zero-order valence-electron chi connectivity index (χ0n) is 7.10. The lowest BCUT2D eigenvalue weighted by atomic mass is 9.99. The molecule has 0 aromatic rings. The fourth-order valence-electron chi connectivity index (χ4n) is 1.30. The zero-order valence-corrected chi connectivity index (χ0v) is 7.10. The van der Waals surface area contributed by atoms with Crippen LogP contribution in [0, 0.1) is 5.92 Å². The summed E-state index contributed by atoms with van der Waals surface area (Å²) in [5.74, 6) is -0.155. The van der Waals surface area contributed by atoms with Crippen molar-refractivity contribution in [3.63, 3.8) is 0 Å². The van der Waals surface area contributed by atoms with Crippen LogP contribution in [0.2, 0.25) is 0 Å². The van der Waals surface area contributed by atoms with Crippen molar-refractivity contribution < 1.29 is 4.79 Å². The molecule has 1 fully saturated rings. The monoisotopic (exact) mass is 172 g/mol. The lowest BCUT2D eigenvalue weighted by Crippen LogP contribution is -2.43. The first-order chi connectivity index (χ1) is 5.80. The van der Waals surface area contributed by atoms with Gasteiger partial charge in [0.15, 0.2) is 0 Å². The molecule has 70 valence electrons. The Morgan fingerprint density at radius 2 is 2.00 bits per heavy atom. The van der Waals surface area contributed by atoms with Gasteiger partial charge in [-0.2, -0.15) is 5.53 Å². The first-order valence-electron chi connectivity index (χ1n) is 4.31. The van der Waals surface area contributed by atoms with E-state index in [9.17, 15) is 4.79 Å². The zero-order chi connectivity index (χ0) is 8.81. The van der Waals surface area contributed by atoms with Crippen LogP contribution in [-0.4, -0.2) is 19.0 Å². The Morgan fingerprint density at radius 1 is 1.25 bits per heavy atom. The standard InChI is InChI=1S/C7H16N4O/c8-7(12)6-2-1-4-9-11-10-5-3-6/h6,9-11H,1-5H2,(H2,8,12). The number of nitrogens with two attached hydrogens (primary N) is 1. The predicted octanol–water partition coefficient (Wildman–Crippen LogP) is -1.13. The van der Waals surface area contributed by atoms with Crippen molar-refractivity contribution in [3.8, 4) is 0 Å². The van der Waals surface area contributed by atoms with Crippen molar-refractivity contribution in [2.24, 2.45) is 11.7 Å². The molecule has 1 rings (SSSR count). The van der Waals surface area contributed by atoms with Crippen molar-refractivity contribution in [1.82, 2.24) is 16.4 Å². The Balaban J connectivity index is 2.33. The number of carbonyl (C=O) groups excluding carboxylic acids is 1. The van der Waals surface area contributed by atoms with E-state index < -0.39 is 0 Å². The molecular formula is C7H16N4O. The van der Waals surface area contributed by atoms with E-state index in [0.29, 0.717) is 0 Å². The van der Waals surface area contributed by atoms with Crippen LogP contribution in [0.5, 0.6) is 0 Å². The second-order valence-electron chi connectivity index (χ2n) is 3.01. The van der Waals surface area contributed by atoms with Gasteiger partial charge in [-0.05, 0) is 19.3 Å². The van der Waals surface area contributed by atoms with Gasteiger partial charge in [-0.25, -0.2) is 10.9 Å². The average molecular weight is 172 g/mol. The largest absolute Gasteiger partial charge is 0.369 e. The molecule has 5 N–H and O–H groups in total. The fraction of sp³-hybridized carbons (Fsp3) is 0.857. The summed E-state index contributed by atoms with van der Waals surface area (Å²) >= 11 is 0. The highest BCUT2D eigenvalue weighted by Crippen LogP contribution is 2.09. The lowest BCUT2D eigenvalue weighted by Gasteiger charge is -2.10. The molecule has 0 saturated carbocycles. The van der Waals surface area contributed by atoms with Gasteiger partial charge in [0.2, 0.25) is 5.91 Å². The van der Waals surface area contributed by atoms with E-state index in [4.69, 9.17) is 5.73 Å². The third kappa shape index (κ3) is 3.17. The van der Waals surface area contributed by atoms with Crippen molar-refractivity contribution in [3.05, 3.63) is 0 Å². The van der Waals surface area contributed by atoms with Gasteiger partial charge in [0, 0.05) is 19.0 Å². The molecule has 1 heterocycles. The molecule has 0 aromatic heterocycles. The summed E-state index contributed by atoms with van der Waals surface area (Å²) in [5, 5.41) is 0. The fourth-order valence-corrected chi connectivity index (χ4v) is 1.30. The van der Waals surface area contributed by atoms with Gasteiger partial charge >= 0.3 is 0 Å². The van der Waals surface area contributed by atoms with E-state index in [-0.39, 0.29) is 11.8 Å². The third-order valence-corrected chi connectivity index (χ3v) is 2.05. The number of primary amides is 1. The van der Waals surface area contributed by atoms with E-state index in [1.54, 1.807) is 0 Å². The van der Waals surface area contributed by atoms with Crippen molar-refractivity contribution >= 4 is 5.91 Å².